The summed E-state index contributed by atoms with van der Waals surface area (Å²) in [5, 5.41) is 12.6. The number of carbonyl (C=O) groups is 1. The number of anilines is 2. The van der Waals surface area contributed by atoms with Crippen molar-refractivity contribution in [2.45, 2.75) is 34.2 Å². The van der Waals surface area contributed by atoms with E-state index in [1.807, 2.05) is 53.1 Å². The minimum atomic E-state index is 0.0331. The van der Waals surface area contributed by atoms with Crippen LogP contribution in [-0.4, -0.2) is 33.7 Å². The van der Waals surface area contributed by atoms with Crippen LogP contribution in [0.5, 0.6) is 0 Å². The largest absolute Gasteiger partial charge is 0.357 e. The van der Waals surface area contributed by atoms with Crippen molar-refractivity contribution in [3.05, 3.63) is 60.2 Å². The minimum absolute atomic E-state index is 0.0331. The molecule has 0 bridgehead atoms. The average Bonchev–Trinajstić information content (AvgIpc) is 3.47. The van der Waals surface area contributed by atoms with Crippen LogP contribution in [0.2, 0.25) is 0 Å². The first kappa shape index (κ1) is 19.0. The van der Waals surface area contributed by atoms with Crippen molar-refractivity contribution in [1.82, 2.24) is 10.2 Å². The Morgan fingerprint density at radius 3 is 2.72 bits per heavy atom. The number of amides is 1. The van der Waals surface area contributed by atoms with Crippen molar-refractivity contribution in [3.8, 4) is 0 Å². The molecule has 1 aliphatic carbocycles. The zero-order chi connectivity index (χ0) is 19.6. The average molecular weight is 441 g/mol. The van der Waals surface area contributed by atoms with Crippen LogP contribution in [0.25, 0.3) is 0 Å². The number of carbonyl (C=O) groups excluding carboxylic acids is 1. The lowest BCUT2D eigenvalue weighted by atomic mass is 10.1. The van der Waals surface area contributed by atoms with E-state index in [1.54, 1.807) is 0 Å². The summed E-state index contributed by atoms with van der Waals surface area (Å²) in [5.74, 6) is 1.30. The highest BCUT2D eigenvalue weighted by atomic mass is 32.2. The van der Waals surface area contributed by atoms with Crippen LogP contribution in [0.4, 0.5) is 10.8 Å². The summed E-state index contributed by atoms with van der Waals surface area (Å²) in [5.41, 5.74) is 2.16. The second-order valence-electron chi connectivity index (χ2n) is 7.05. The molecule has 1 aliphatic heterocycles. The van der Waals surface area contributed by atoms with Crippen LogP contribution in [-0.2, 0) is 4.79 Å². The molecule has 2 aromatic carbocycles. The van der Waals surface area contributed by atoms with E-state index in [-0.39, 0.29) is 11.9 Å². The minimum Gasteiger partial charge on any atom is -0.357 e. The normalized spacial score (nSPS) is 18.3. The molecule has 1 N–H and O–H groups in total. The molecule has 3 aromatic rings. The van der Waals surface area contributed by atoms with Crippen LogP contribution in [0.15, 0.2) is 63.8 Å². The van der Waals surface area contributed by atoms with E-state index in [4.69, 9.17) is 0 Å². The maximum atomic E-state index is 13.3. The van der Waals surface area contributed by atoms with Gasteiger partial charge in [0.2, 0.25) is 11.0 Å². The van der Waals surface area contributed by atoms with Gasteiger partial charge in [0.1, 0.15) is 0 Å². The molecule has 0 saturated heterocycles. The Morgan fingerprint density at radius 1 is 1.10 bits per heavy atom. The SMILES string of the molecule is O=C(CSc1nnc(NC2CC2)s1)N1c2ccccc2SC[C@H]1c1ccccc1. The van der Waals surface area contributed by atoms with Gasteiger partial charge in [0.15, 0.2) is 4.34 Å². The molecule has 1 amide bonds. The van der Waals surface area contributed by atoms with Gasteiger partial charge in [-0.25, -0.2) is 0 Å². The predicted molar refractivity (Wildman–Crippen MR) is 121 cm³/mol. The molecular weight excluding hydrogens is 420 g/mol. The molecule has 29 heavy (non-hydrogen) atoms. The van der Waals surface area contributed by atoms with Gasteiger partial charge in [0.25, 0.3) is 0 Å². The van der Waals surface area contributed by atoms with E-state index in [9.17, 15) is 4.79 Å². The number of thioether (sulfide) groups is 2. The van der Waals surface area contributed by atoms with Gasteiger partial charge in [-0.1, -0.05) is 65.6 Å². The van der Waals surface area contributed by atoms with E-state index >= 15 is 0 Å². The number of rotatable bonds is 6. The van der Waals surface area contributed by atoms with E-state index in [2.05, 4.69) is 33.7 Å². The lowest BCUT2D eigenvalue weighted by Gasteiger charge is -2.37. The topological polar surface area (TPSA) is 58.1 Å². The molecule has 5 nitrogen and oxygen atoms in total. The highest BCUT2D eigenvalue weighted by molar-refractivity contribution is 8.01. The number of nitrogens with one attached hydrogen (secondary N) is 1. The van der Waals surface area contributed by atoms with Crippen LogP contribution in [0.1, 0.15) is 24.4 Å². The van der Waals surface area contributed by atoms with Crippen molar-refractivity contribution >= 4 is 51.6 Å². The maximum Gasteiger partial charge on any atom is 0.238 e. The van der Waals surface area contributed by atoms with E-state index in [0.29, 0.717) is 11.8 Å². The Bertz CT molecular complexity index is 1010. The molecule has 2 aliphatic rings. The number of aromatic nitrogens is 2. The third kappa shape index (κ3) is 4.29. The first-order valence-electron chi connectivity index (χ1n) is 9.59. The number of benzene rings is 2. The van der Waals surface area contributed by atoms with Gasteiger partial charge in [0.05, 0.1) is 17.5 Å². The summed E-state index contributed by atoms with van der Waals surface area (Å²) in [6.45, 7) is 0. The Balaban J connectivity index is 1.35. The molecule has 1 fully saturated rings. The number of fused-ring (bicyclic) bond motifs is 1. The number of hydrogen-bond donors (Lipinski definition) is 1. The fourth-order valence-corrected chi connectivity index (χ4v) is 6.20. The lowest BCUT2D eigenvalue weighted by molar-refractivity contribution is -0.116. The molecule has 0 radical (unpaired) electrons. The van der Waals surface area contributed by atoms with Gasteiger partial charge in [-0.05, 0) is 30.5 Å². The van der Waals surface area contributed by atoms with Gasteiger partial charge in [-0.3, -0.25) is 4.79 Å². The zero-order valence-electron chi connectivity index (χ0n) is 15.7. The van der Waals surface area contributed by atoms with E-state index in [1.165, 1.54) is 41.5 Å². The summed E-state index contributed by atoms with van der Waals surface area (Å²) >= 11 is 4.81. The van der Waals surface area contributed by atoms with Crippen LogP contribution in [0, 0.1) is 0 Å². The van der Waals surface area contributed by atoms with Crippen molar-refractivity contribution in [2.75, 3.05) is 21.7 Å². The van der Waals surface area contributed by atoms with Crippen molar-refractivity contribution in [3.63, 3.8) is 0 Å². The second kappa shape index (κ2) is 8.38. The Kier molecular flexibility index (Phi) is 5.48. The summed E-state index contributed by atoms with van der Waals surface area (Å²) in [4.78, 5) is 16.5. The van der Waals surface area contributed by atoms with Gasteiger partial charge >= 0.3 is 0 Å². The van der Waals surface area contributed by atoms with Crippen molar-refractivity contribution in [2.24, 2.45) is 0 Å². The molecule has 1 atom stereocenters. The van der Waals surface area contributed by atoms with Gasteiger partial charge in [-0.2, -0.15) is 0 Å². The molecule has 0 spiro atoms. The molecule has 1 saturated carbocycles. The summed E-state index contributed by atoms with van der Waals surface area (Å²) in [6, 6.07) is 19.0. The summed E-state index contributed by atoms with van der Waals surface area (Å²) < 4.78 is 0.831. The first-order chi connectivity index (χ1) is 14.3. The summed E-state index contributed by atoms with van der Waals surface area (Å²) in [7, 11) is 0. The van der Waals surface area contributed by atoms with Gasteiger partial charge in [0, 0.05) is 16.7 Å². The summed E-state index contributed by atoms with van der Waals surface area (Å²) in [6.07, 6.45) is 2.40. The van der Waals surface area contributed by atoms with Crippen molar-refractivity contribution < 1.29 is 4.79 Å². The predicted octanol–water partition coefficient (Wildman–Crippen LogP) is 5.08. The van der Waals surface area contributed by atoms with E-state index in [0.717, 1.165) is 25.8 Å². The molecule has 5 rings (SSSR count). The van der Waals surface area contributed by atoms with Gasteiger partial charge in [-0.15, -0.1) is 22.0 Å². The number of para-hydroxylation sites is 1. The fourth-order valence-electron chi connectivity index (χ4n) is 3.34. The standard InChI is InChI=1S/C21H20N4OS3/c26-19(13-28-21-24-23-20(29-21)22-15-10-11-15)25-16-8-4-5-9-18(16)27-12-17(25)14-6-2-1-3-7-14/h1-9,15,17H,10-13H2,(H,22,23)/t17-/m0/s1. The highest BCUT2D eigenvalue weighted by Crippen LogP contribution is 2.43. The zero-order valence-corrected chi connectivity index (χ0v) is 18.1. The highest BCUT2D eigenvalue weighted by Gasteiger charge is 2.32. The van der Waals surface area contributed by atoms with Crippen LogP contribution < -0.4 is 10.2 Å². The quantitative estimate of drug-likeness (QED) is 0.539. The Morgan fingerprint density at radius 2 is 1.90 bits per heavy atom. The molecule has 1 aromatic heterocycles. The Labute approximate surface area is 182 Å². The number of hydrogen-bond acceptors (Lipinski definition) is 7. The number of nitrogens with zero attached hydrogens (tertiary/aromatic N) is 3. The van der Waals surface area contributed by atoms with Gasteiger partial charge < -0.3 is 10.2 Å². The third-order valence-electron chi connectivity index (χ3n) is 4.92. The monoisotopic (exact) mass is 440 g/mol. The molecule has 0 unspecified atom stereocenters. The molecule has 2 heterocycles. The maximum absolute atomic E-state index is 13.3. The van der Waals surface area contributed by atoms with Crippen molar-refractivity contribution in [1.29, 1.82) is 0 Å². The van der Waals surface area contributed by atoms with Crippen LogP contribution in [0.3, 0.4) is 0 Å². The van der Waals surface area contributed by atoms with E-state index < -0.39 is 0 Å². The Hall–Kier alpha value is -2.03. The first-order valence-corrected chi connectivity index (χ1v) is 12.4. The molecular formula is C21H20N4OS3. The third-order valence-corrected chi connectivity index (χ3v) is 8.03. The lowest BCUT2D eigenvalue weighted by Crippen LogP contribution is -2.39. The smallest absolute Gasteiger partial charge is 0.238 e. The fraction of sp³-hybridized carbons (Fsp3) is 0.286. The molecule has 148 valence electrons. The van der Waals surface area contributed by atoms with Crippen LogP contribution >= 0.6 is 34.9 Å². The molecule has 8 heteroatoms. The second-order valence-corrected chi connectivity index (χ2v) is 10.3.